The highest BCUT2D eigenvalue weighted by atomic mass is 79.9. The lowest BCUT2D eigenvalue weighted by molar-refractivity contribution is 0.102. The Hall–Kier alpha value is -0.110. The molecule has 0 fully saturated rings. The van der Waals surface area contributed by atoms with Gasteiger partial charge in [0.25, 0.3) is 5.91 Å². The summed E-state index contributed by atoms with van der Waals surface area (Å²) in [5.74, 6) is -0.204. The number of aromatic nitrogens is 1. The number of benzene rings is 1. The van der Waals surface area contributed by atoms with Crippen molar-refractivity contribution in [2.24, 2.45) is 0 Å². The molecule has 1 heterocycles. The third-order valence-electron chi connectivity index (χ3n) is 2.15. The van der Waals surface area contributed by atoms with Gasteiger partial charge in [0.05, 0.1) is 14.8 Å². The van der Waals surface area contributed by atoms with E-state index in [9.17, 15) is 4.79 Å². The SMILES string of the molecule is O=C(Nc1ccc(Br)cc1Br)c1cc(Br)c(Br)[nH]1. The van der Waals surface area contributed by atoms with Crippen molar-refractivity contribution >= 4 is 75.3 Å². The number of rotatable bonds is 2. The summed E-state index contributed by atoms with van der Waals surface area (Å²) in [6.45, 7) is 0. The molecule has 3 nitrogen and oxygen atoms in total. The molecule has 0 aliphatic heterocycles. The summed E-state index contributed by atoms with van der Waals surface area (Å²) in [7, 11) is 0. The lowest BCUT2D eigenvalue weighted by Crippen LogP contribution is -2.12. The summed E-state index contributed by atoms with van der Waals surface area (Å²) in [4.78, 5) is 14.9. The van der Waals surface area contributed by atoms with E-state index in [-0.39, 0.29) is 5.91 Å². The molecule has 0 bridgehead atoms. The van der Waals surface area contributed by atoms with E-state index in [0.717, 1.165) is 18.0 Å². The highest BCUT2D eigenvalue weighted by molar-refractivity contribution is 9.13. The van der Waals surface area contributed by atoms with Crippen LogP contribution in [0, 0.1) is 0 Å². The molecule has 2 N–H and O–H groups in total. The van der Waals surface area contributed by atoms with E-state index in [1.807, 2.05) is 18.2 Å². The summed E-state index contributed by atoms with van der Waals surface area (Å²) >= 11 is 13.4. The number of hydrogen-bond acceptors (Lipinski definition) is 1. The Balaban J connectivity index is 2.21. The van der Waals surface area contributed by atoms with Crippen molar-refractivity contribution in [2.45, 2.75) is 0 Å². The molecular weight excluding hydrogens is 496 g/mol. The molecular formula is C11H6Br4N2O. The number of hydrogen-bond donors (Lipinski definition) is 2. The minimum absolute atomic E-state index is 0.204. The second-order valence-corrected chi connectivity index (χ2v) is 6.84. The highest BCUT2D eigenvalue weighted by Gasteiger charge is 2.12. The van der Waals surface area contributed by atoms with Crippen LogP contribution in [-0.2, 0) is 0 Å². The molecule has 1 aromatic carbocycles. The van der Waals surface area contributed by atoms with Crippen LogP contribution in [0.2, 0.25) is 0 Å². The van der Waals surface area contributed by atoms with Gasteiger partial charge < -0.3 is 10.3 Å². The molecule has 2 aromatic rings. The first kappa shape index (κ1) is 14.3. The molecule has 7 heteroatoms. The van der Waals surface area contributed by atoms with Crippen molar-refractivity contribution in [1.82, 2.24) is 4.98 Å². The monoisotopic (exact) mass is 498 g/mol. The second-order valence-electron chi connectivity index (χ2n) is 3.42. The van der Waals surface area contributed by atoms with Gasteiger partial charge in [-0.2, -0.15) is 0 Å². The molecule has 0 aliphatic rings. The first-order valence-corrected chi connectivity index (χ1v) is 7.95. The van der Waals surface area contributed by atoms with Crippen molar-refractivity contribution in [3.63, 3.8) is 0 Å². The first-order valence-electron chi connectivity index (χ1n) is 4.78. The average Bonchev–Trinajstić information content (AvgIpc) is 2.63. The number of carbonyl (C=O) groups is 1. The van der Waals surface area contributed by atoms with Gasteiger partial charge >= 0.3 is 0 Å². The Labute approximate surface area is 137 Å². The fraction of sp³-hybridized carbons (Fsp3) is 0. The van der Waals surface area contributed by atoms with Crippen LogP contribution in [0.15, 0.2) is 42.3 Å². The zero-order chi connectivity index (χ0) is 13.3. The Morgan fingerprint density at radius 3 is 2.33 bits per heavy atom. The molecule has 94 valence electrons. The molecule has 2 rings (SSSR count). The largest absolute Gasteiger partial charge is 0.344 e. The molecule has 1 amide bonds. The third-order valence-corrected chi connectivity index (χ3v) is 5.08. The minimum atomic E-state index is -0.204. The summed E-state index contributed by atoms with van der Waals surface area (Å²) < 4.78 is 3.30. The Kier molecular flexibility index (Phi) is 4.69. The molecule has 1 aromatic heterocycles. The summed E-state index contributed by atoms with van der Waals surface area (Å²) in [5.41, 5.74) is 1.19. The van der Waals surface area contributed by atoms with Crippen LogP contribution in [0.3, 0.4) is 0 Å². The van der Waals surface area contributed by atoms with Gasteiger partial charge in [0.2, 0.25) is 0 Å². The maximum atomic E-state index is 12.0. The fourth-order valence-corrected chi connectivity index (χ4v) is 3.11. The van der Waals surface area contributed by atoms with Crippen LogP contribution in [0.4, 0.5) is 5.69 Å². The van der Waals surface area contributed by atoms with E-state index in [0.29, 0.717) is 11.4 Å². The number of anilines is 1. The topological polar surface area (TPSA) is 44.9 Å². The van der Waals surface area contributed by atoms with Gasteiger partial charge in [-0.05, 0) is 72.1 Å². The van der Waals surface area contributed by atoms with E-state index in [2.05, 4.69) is 74.0 Å². The summed E-state index contributed by atoms with van der Waals surface area (Å²) in [5, 5.41) is 2.81. The van der Waals surface area contributed by atoms with Gasteiger partial charge in [-0.3, -0.25) is 4.79 Å². The molecule has 0 aliphatic carbocycles. The summed E-state index contributed by atoms with van der Waals surface area (Å²) in [6.07, 6.45) is 0. The molecule has 0 saturated heterocycles. The normalized spacial score (nSPS) is 10.4. The molecule has 0 atom stereocenters. The maximum absolute atomic E-state index is 12.0. The Bertz CT molecular complexity index is 590. The number of H-pyrrole nitrogens is 1. The minimum Gasteiger partial charge on any atom is -0.344 e. The van der Waals surface area contributed by atoms with Crippen LogP contribution < -0.4 is 5.32 Å². The maximum Gasteiger partial charge on any atom is 0.272 e. The van der Waals surface area contributed by atoms with Gasteiger partial charge in [-0.15, -0.1) is 0 Å². The van der Waals surface area contributed by atoms with Crippen LogP contribution in [-0.4, -0.2) is 10.9 Å². The van der Waals surface area contributed by atoms with Crippen LogP contribution in [0.25, 0.3) is 0 Å². The lowest BCUT2D eigenvalue weighted by Gasteiger charge is -2.06. The molecule has 0 unspecified atom stereocenters. The molecule has 0 radical (unpaired) electrons. The van der Waals surface area contributed by atoms with Crippen LogP contribution in [0.5, 0.6) is 0 Å². The number of nitrogens with one attached hydrogen (secondary N) is 2. The van der Waals surface area contributed by atoms with E-state index < -0.39 is 0 Å². The second kappa shape index (κ2) is 5.90. The lowest BCUT2D eigenvalue weighted by atomic mass is 10.3. The number of aromatic amines is 1. The summed E-state index contributed by atoms with van der Waals surface area (Å²) in [6, 6.07) is 7.27. The van der Waals surface area contributed by atoms with E-state index in [4.69, 9.17) is 0 Å². The quantitative estimate of drug-likeness (QED) is 0.575. The fourth-order valence-electron chi connectivity index (χ4n) is 1.31. The smallest absolute Gasteiger partial charge is 0.272 e. The van der Waals surface area contributed by atoms with Gasteiger partial charge in [0, 0.05) is 8.95 Å². The zero-order valence-electron chi connectivity index (χ0n) is 8.73. The van der Waals surface area contributed by atoms with Crippen molar-refractivity contribution < 1.29 is 4.79 Å². The predicted molar refractivity (Wildman–Crippen MR) is 86.0 cm³/mol. The van der Waals surface area contributed by atoms with E-state index in [1.54, 1.807) is 6.07 Å². The zero-order valence-corrected chi connectivity index (χ0v) is 15.1. The predicted octanol–water partition coefficient (Wildman–Crippen LogP) is 5.32. The third kappa shape index (κ3) is 3.26. The number of amides is 1. The highest BCUT2D eigenvalue weighted by Crippen LogP contribution is 2.27. The first-order chi connectivity index (χ1) is 8.47. The van der Waals surface area contributed by atoms with E-state index in [1.165, 1.54) is 0 Å². The van der Waals surface area contributed by atoms with Crippen LogP contribution >= 0.6 is 63.7 Å². The van der Waals surface area contributed by atoms with Crippen molar-refractivity contribution in [3.8, 4) is 0 Å². The van der Waals surface area contributed by atoms with Crippen LogP contribution in [0.1, 0.15) is 10.5 Å². The average molecular weight is 502 g/mol. The Morgan fingerprint density at radius 2 is 1.78 bits per heavy atom. The number of carbonyl (C=O) groups excluding carboxylic acids is 1. The molecule has 18 heavy (non-hydrogen) atoms. The Morgan fingerprint density at radius 1 is 1.06 bits per heavy atom. The van der Waals surface area contributed by atoms with Crippen molar-refractivity contribution in [3.05, 3.63) is 48.0 Å². The van der Waals surface area contributed by atoms with Gasteiger partial charge in [0.15, 0.2) is 0 Å². The molecule has 0 saturated carbocycles. The van der Waals surface area contributed by atoms with Gasteiger partial charge in [-0.1, -0.05) is 15.9 Å². The van der Waals surface area contributed by atoms with Crippen molar-refractivity contribution in [1.29, 1.82) is 0 Å². The van der Waals surface area contributed by atoms with Gasteiger partial charge in [-0.25, -0.2) is 0 Å². The number of halogens is 4. The van der Waals surface area contributed by atoms with Crippen molar-refractivity contribution in [2.75, 3.05) is 5.32 Å². The van der Waals surface area contributed by atoms with E-state index >= 15 is 0 Å². The molecule has 0 spiro atoms. The van der Waals surface area contributed by atoms with Gasteiger partial charge in [0.1, 0.15) is 5.69 Å². The standard InChI is InChI=1S/C11H6Br4N2O/c12-5-1-2-8(6(13)3-5)17-11(18)9-4-7(14)10(15)16-9/h1-4,16H,(H,17,18).